The molecule has 1 heterocycles. The van der Waals surface area contributed by atoms with E-state index in [0.717, 1.165) is 5.56 Å². The summed E-state index contributed by atoms with van der Waals surface area (Å²) in [6, 6.07) is 4.04. The Morgan fingerprint density at radius 2 is 1.67 bits per heavy atom. The van der Waals surface area contributed by atoms with Crippen LogP contribution in [0.3, 0.4) is 0 Å². The van der Waals surface area contributed by atoms with Crippen LogP contribution in [0.4, 0.5) is 10.5 Å². The molecule has 1 saturated heterocycles. The van der Waals surface area contributed by atoms with Gasteiger partial charge in [0.2, 0.25) is 29.5 Å². The van der Waals surface area contributed by atoms with Gasteiger partial charge in [0.15, 0.2) is 0 Å². The fourth-order valence-corrected chi connectivity index (χ4v) is 5.07. The predicted octanol–water partition coefficient (Wildman–Crippen LogP) is 1.96. The van der Waals surface area contributed by atoms with E-state index in [1.807, 2.05) is 13.8 Å². The standard InChI is InChI=1S/C32H48N6O8/c1-20(2)24-17-27(41)38(31(24)44)16-7-5-6-10-26(40)37-28(21(3)4)30(43)36-25(9-8-15-34-32(33)45)29(42)35-23-13-11-22(12-14-23)18-46-19-39/h11-14,19-21,24-25,28H,5-10,15-18H2,1-4H3,(H,35,42)(H,36,43)(H,37,40)(H3,33,34,45)/t24?,25-,28-/m0/s1. The number of benzene rings is 1. The monoisotopic (exact) mass is 644 g/mol. The molecule has 14 nitrogen and oxygen atoms in total. The van der Waals surface area contributed by atoms with Crippen LogP contribution in [-0.2, 0) is 40.1 Å². The van der Waals surface area contributed by atoms with Gasteiger partial charge in [-0.3, -0.25) is 33.7 Å². The number of anilines is 1. The third kappa shape index (κ3) is 12.5. The van der Waals surface area contributed by atoms with Gasteiger partial charge in [0.1, 0.15) is 18.7 Å². The lowest BCUT2D eigenvalue weighted by Crippen LogP contribution is -2.54. The van der Waals surface area contributed by atoms with Gasteiger partial charge in [-0.05, 0) is 55.2 Å². The molecule has 6 N–H and O–H groups in total. The number of urea groups is 1. The summed E-state index contributed by atoms with van der Waals surface area (Å²) in [5.74, 6) is -2.07. The van der Waals surface area contributed by atoms with Gasteiger partial charge in [0.05, 0.1) is 0 Å². The van der Waals surface area contributed by atoms with Crippen molar-refractivity contribution in [2.24, 2.45) is 23.5 Å². The Balaban J connectivity index is 1.92. The molecular weight excluding hydrogens is 596 g/mol. The third-order valence-corrected chi connectivity index (χ3v) is 7.78. The zero-order valence-electron chi connectivity index (χ0n) is 27.1. The second-order valence-corrected chi connectivity index (χ2v) is 12.1. The predicted molar refractivity (Wildman–Crippen MR) is 170 cm³/mol. The van der Waals surface area contributed by atoms with E-state index in [1.54, 1.807) is 38.1 Å². The number of nitrogens with one attached hydrogen (secondary N) is 4. The number of hydrogen-bond acceptors (Lipinski definition) is 8. The third-order valence-electron chi connectivity index (χ3n) is 7.78. The van der Waals surface area contributed by atoms with Gasteiger partial charge in [-0.15, -0.1) is 0 Å². The largest absolute Gasteiger partial charge is 0.463 e. The van der Waals surface area contributed by atoms with Gasteiger partial charge in [-0.2, -0.15) is 0 Å². The highest BCUT2D eigenvalue weighted by atomic mass is 16.5. The maximum atomic E-state index is 13.3. The summed E-state index contributed by atoms with van der Waals surface area (Å²) in [5, 5.41) is 10.7. The van der Waals surface area contributed by atoms with Crippen LogP contribution in [0, 0.1) is 17.8 Å². The number of primary amides is 1. The average Bonchev–Trinajstić information content (AvgIpc) is 3.29. The number of imide groups is 1. The average molecular weight is 645 g/mol. The topological polar surface area (TPSA) is 206 Å². The molecule has 254 valence electrons. The molecule has 0 aliphatic carbocycles. The molecule has 3 atom stereocenters. The van der Waals surface area contributed by atoms with Crippen molar-refractivity contribution in [3.63, 3.8) is 0 Å². The minimum Gasteiger partial charge on any atom is -0.463 e. The minimum atomic E-state index is -0.982. The summed E-state index contributed by atoms with van der Waals surface area (Å²) in [4.78, 5) is 86.8. The van der Waals surface area contributed by atoms with Gasteiger partial charge < -0.3 is 31.7 Å². The highest BCUT2D eigenvalue weighted by molar-refractivity contribution is 6.03. The number of unbranched alkanes of at least 4 members (excludes halogenated alkanes) is 2. The van der Waals surface area contributed by atoms with Gasteiger partial charge in [-0.1, -0.05) is 46.2 Å². The Labute approximate surface area is 269 Å². The second kappa shape index (κ2) is 19.1. The number of amides is 7. The Bertz CT molecular complexity index is 1220. The number of hydrogen-bond donors (Lipinski definition) is 5. The van der Waals surface area contributed by atoms with Crippen LogP contribution in [-0.4, -0.2) is 72.1 Å². The molecule has 0 saturated carbocycles. The van der Waals surface area contributed by atoms with Crippen LogP contribution < -0.4 is 27.0 Å². The van der Waals surface area contributed by atoms with E-state index in [-0.39, 0.29) is 67.9 Å². The van der Waals surface area contributed by atoms with Crippen LogP contribution in [0.5, 0.6) is 0 Å². The summed E-state index contributed by atoms with van der Waals surface area (Å²) < 4.78 is 4.72. The van der Waals surface area contributed by atoms with E-state index in [0.29, 0.717) is 44.4 Å². The first-order valence-corrected chi connectivity index (χ1v) is 15.8. The molecule has 14 heteroatoms. The summed E-state index contributed by atoms with van der Waals surface area (Å²) in [5.41, 5.74) is 6.30. The quantitative estimate of drug-likeness (QED) is 0.0804. The van der Waals surface area contributed by atoms with Crippen molar-refractivity contribution >= 4 is 47.7 Å². The summed E-state index contributed by atoms with van der Waals surface area (Å²) in [7, 11) is 0. The molecule has 1 fully saturated rings. The van der Waals surface area contributed by atoms with Crippen molar-refractivity contribution in [2.45, 2.75) is 91.3 Å². The molecule has 46 heavy (non-hydrogen) atoms. The van der Waals surface area contributed by atoms with Gasteiger partial charge >= 0.3 is 6.03 Å². The molecule has 1 aromatic carbocycles. The van der Waals surface area contributed by atoms with Crippen LogP contribution >= 0.6 is 0 Å². The van der Waals surface area contributed by atoms with E-state index in [1.165, 1.54) is 4.90 Å². The lowest BCUT2D eigenvalue weighted by Gasteiger charge is -2.25. The van der Waals surface area contributed by atoms with Crippen molar-refractivity contribution < 1.29 is 38.3 Å². The first kappa shape index (κ1) is 37.7. The smallest absolute Gasteiger partial charge is 0.312 e. The maximum Gasteiger partial charge on any atom is 0.312 e. The Kier molecular flexibility index (Phi) is 15.7. The number of carbonyl (C=O) groups is 7. The normalized spacial score (nSPS) is 15.8. The zero-order chi connectivity index (χ0) is 34.2. The van der Waals surface area contributed by atoms with Crippen LogP contribution in [0.1, 0.15) is 78.2 Å². The number of ether oxygens (including phenoxy) is 1. The van der Waals surface area contributed by atoms with Crippen LogP contribution in [0.2, 0.25) is 0 Å². The molecule has 0 aromatic heterocycles. The highest BCUT2D eigenvalue weighted by Gasteiger charge is 2.39. The molecule has 0 bridgehead atoms. The minimum absolute atomic E-state index is 0.0883. The van der Waals surface area contributed by atoms with Crippen molar-refractivity contribution in [1.29, 1.82) is 0 Å². The van der Waals surface area contributed by atoms with Gasteiger partial charge in [0, 0.05) is 37.5 Å². The molecule has 0 spiro atoms. The van der Waals surface area contributed by atoms with E-state index in [9.17, 15) is 33.6 Å². The number of rotatable bonds is 20. The molecule has 0 radical (unpaired) electrons. The molecular formula is C32H48N6O8. The molecule has 1 unspecified atom stereocenters. The van der Waals surface area contributed by atoms with E-state index in [2.05, 4.69) is 21.3 Å². The van der Waals surface area contributed by atoms with E-state index in [4.69, 9.17) is 10.5 Å². The Morgan fingerprint density at radius 3 is 2.26 bits per heavy atom. The van der Waals surface area contributed by atoms with E-state index >= 15 is 0 Å². The van der Waals surface area contributed by atoms with Crippen molar-refractivity contribution in [3.8, 4) is 0 Å². The lowest BCUT2D eigenvalue weighted by atomic mass is 9.94. The van der Waals surface area contributed by atoms with E-state index < -0.39 is 29.9 Å². The summed E-state index contributed by atoms with van der Waals surface area (Å²) in [6.07, 6.45) is 2.65. The molecule has 1 aliphatic rings. The number of nitrogens with two attached hydrogens (primary N) is 1. The fraction of sp³-hybridized carbons (Fsp3) is 0.594. The zero-order valence-corrected chi connectivity index (χ0v) is 27.1. The molecule has 1 aromatic rings. The lowest BCUT2D eigenvalue weighted by molar-refractivity contribution is -0.140. The molecule has 1 aliphatic heterocycles. The summed E-state index contributed by atoms with van der Waals surface area (Å²) in [6.45, 7) is 8.37. The Morgan fingerprint density at radius 1 is 0.978 bits per heavy atom. The number of likely N-dealkylation sites (tertiary alicyclic amines) is 1. The first-order chi connectivity index (χ1) is 21.8. The number of nitrogens with zero attached hydrogens (tertiary/aromatic N) is 1. The fourth-order valence-electron chi connectivity index (χ4n) is 5.07. The molecule has 2 rings (SSSR count). The van der Waals surface area contributed by atoms with Crippen LogP contribution in [0.15, 0.2) is 24.3 Å². The van der Waals surface area contributed by atoms with Crippen molar-refractivity contribution in [3.05, 3.63) is 29.8 Å². The first-order valence-electron chi connectivity index (χ1n) is 15.8. The molecule has 7 amide bonds. The maximum absolute atomic E-state index is 13.3. The van der Waals surface area contributed by atoms with Crippen molar-refractivity contribution in [1.82, 2.24) is 20.9 Å². The SMILES string of the molecule is CC(C)C1CC(=O)N(CCCCCC(=O)N[C@H](C(=O)N[C@@H](CCCNC(N)=O)C(=O)Nc2ccc(COC=O)cc2)C(C)C)C1=O. The van der Waals surface area contributed by atoms with Crippen LogP contribution in [0.25, 0.3) is 0 Å². The summed E-state index contributed by atoms with van der Waals surface area (Å²) >= 11 is 0. The number of carbonyl (C=O) groups excluding carboxylic acids is 7. The van der Waals surface area contributed by atoms with Gasteiger partial charge in [0.25, 0.3) is 6.47 Å². The highest BCUT2D eigenvalue weighted by Crippen LogP contribution is 2.26. The second-order valence-electron chi connectivity index (χ2n) is 12.1. The Hall–Kier alpha value is -4.49. The van der Waals surface area contributed by atoms with Gasteiger partial charge in [-0.25, -0.2) is 4.79 Å². The van der Waals surface area contributed by atoms with Crippen molar-refractivity contribution in [2.75, 3.05) is 18.4 Å².